The van der Waals surface area contributed by atoms with Gasteiger partial charge in [0.15, 0.2) is 5.78 Å². The van der Waals surface area contributed by atoms with Crippen LogP contribution < -0.4 is 10.5 Å². The lowest BCUT2D eigenvalue weighted by Gasteiger charge is -2.10. The molecule has 0 atom stereocenters. The number of ether oxygens (including phenoxy) is 1. The van der Waals surface area contributed by atoms with Crippen LogP contribution in [0.25, 0.3) is 0 Å². The zero-order valence-electron chi connectivity index (χ0n) is 11.1. The maximum atomic E-state index is 12.6. The summed E-state index contributed by atoms with van der Waals surface area (Å²) >= 11 is 15.4. The van der Waals surface area contributed by atoms with E-state index in [9.17, 15) is 4.79 Å². The Bertz CT molecular complexity index is 704. The lowest BCUT2D eigenvalue weighted by molar-refractivity contribution is 0.103. The maximum Gasteiger partial charge on any atom is 0.195 e. The van der Waals surface area contributed by atoms with Gasteiger partial charge in [-0.25, -0.2) is 0 Å². The Morgan fingerprint density at radius 3 is 2.57 bits per heavy atom. The van der Waals surface area contributed by atoms with Crippen LogP contribution in [0.3, 0.4) is 0 Å². The molecule has 0 saturated heterocycles. The minimum absolute atomic E-state index is 0.191. The number of rotatable bonds is 4. The molecule has 21 heavy (non-hydrogen) atoms. The third kappa shape index (κ3) is 3.51. The summed E-state index contributed by atoms with van der Waals surface area (Å²) in [4.78, 5) is 12.6. The fourth-order valence-corrected chi connectivity index (χ4v) is 2.82. The van der Waals surface area contributed by atoms with Crippen molar-refractivity contribution in [2.24, 2.45) is 0 Å². The van der Waals surface area contributed by atoms with Crippen LogP contribution in [-0.4, -0.2) is 12.4 Å². The molecule has 6 heteroatoms. The van der Waals surface area contributed by atoms with Crippen LogP contribution in [0.5, 0.6) is 5.75 Å². The van der Waals surface area contributed by atoms with Crippen molar-refractivity contribution in [3.8, 4) is 5.75 Å². The van der Waals surface area contributed by atoms with Gasteiger partial charge in [0.2, 0.25) is 0 Å². The summed E-state index contributed by atoms with van der Waals surface area (Å²) in [7, 11) is 0. The second-order valence-electron chi connectivity index (χ2n) is 4.27. The van der Waals surface area contributed by atoms with Gasteiger partial charge >= 0.3 is 0 Å². The predicted molar refractivity (Wildman–Crippen MR) is 89.6 cm³/mol. The molecule has 2 rings (SSSR count). The summed E-state index contributed by atoms with van der Waals surface area (Å²) in [6, 6.07) is 8.15. The average Bonchev–Trinajstić information content (AvgIpc) is 2.42. The molecular formula is C15H12BrCl2NO2. The van der Waals surface area contributed by atoms with Crippen molar-refractivity contribution >= 4 is 50.6 Å². The van der Waals surface area contributed by atoms with Gasteiger partial charge in [0.25, 0.3) is 0 Å². The quantitative estimate of drug-likeness (QED) is 0.594. The van der Waals surface area contributed by atoms with Crippen molar-refractivity contribution in [2.45, 2.75) is 6.92 Å². The molecule has 2 aromatic rings. The number of nitrogens with two attached hydrogens (primary N) is 1. The second kappa shape index (κ2) is 6.69. The van der Waals surface area contributed by atoms with Gasteiger partial charge < -0.3 is 10.5 Å². The monoisotopic (exact) mass is 387 g/mol. The lowest BCUT2D eigenvalue weighted by Crippen LogP contribution is -2.05. The van der Waals surface area contributed by atoms with Gasteiger partial charge in [0.1, 0.15) is 5.75 Å². The number of benzene rings is 2. The van der Waals surface area contributed by atoms with Crippen LogP contribution in [-0.2, 0) is 0 Å². The molecule has 0 heterocycles. The predicted octanol–water partition coefficient (Wildman–Crippen LogP) is 4.97. The van der Waals surface area contributed by atoms with Crippen molar-refractivity contribution in [1.82, 2.24) is 0 Å². The van der Waals surface area contributed by atoms with E-state index in [2.05, 4.69) is 15.9 Å². The first-order valence-corrected chi connectivity index (χ1v) is 7.70. The fourth-order valence-electron chi connectivity index (χ4n) is 1.86. The van der Waals surface area contributed by atoms with Crippen molar-refractivity contribution < 1.29 is 9.53 Å². The van der Waals surface area contributed by atoms with Gasteiger partial charge in [0, 0.05) is 21.3 Å². The average molecular weight is 389 g/mol. The number of nitrogen functional groups attached to an aromatic ring is 1. The zero-order valence-corrected chi connectivity index (χ0v) is 14.2. The molecule has 2 aromatic carbocycles. The summed E-state index contributed by atoms with van der Waals surface area (Å²) in [5, 5.41) is 0.443. The van der Waals surface area contributed by atoms with Gasteiger partial charge in [0.05, 0.1) is 16.7 Å². The molecule has 0 spiro atoms. The summed E-state index contributed by atoms with van der Waals surface area (Å²) in [6.07, 6.45) is 0. The van der Waals surface area contributed by atoms with Crippen molar-refractivity contribution in [3.05, 3.63) is 56.0 Å². The van der Waals surface area contributed by atoms with Crippen LogP contribution in [0.2, 0.25) is 10.0 Å². The van der Waals surface area contributed by atoms with Gasteiger partial charge in [-0.05, 0) is 53.2 Å². The number of halogens is 3. The van der Waals surface area contributed by atoms with Crippen LogP contribution in [0, 0.1) is 0 Å². The third-order valence-corrected chi connectivity index (χ3v) is 4.25. The summed E-state index contributed by atoms with van der Waals surface area (Å²) < 4.78 is 6.00. The van der Waals surface area contributed by atoms with E-state index in [1.165, 1.54) is 12.1 Å². The fraction of sp³-hybridized carbons (Fsp3) is 0.133. The molecule has 0 aliphatic heterocycles. The summed E-state index contributed by atoms with van der Waals surface area (Å²) in [5.74, 6) is 0.418. The summed E-state index contributed by atoms with van der Waals surface area (Å²) in [5.41, 5.74) is 6.83. The molecule has 2 N–H and O–H groups in total. The highest BCUT2D eigenvalue weighted by Crippen LogP contribution is 2.32. The molecule has 110 valence electrons. The molecular weight excluding hydrogens is 377 g/mol. The number of hydrogen-bond donors (Lipinski definition) is 1. The number of carbonyl (C=O) groups is 1. The minimum Gasteiger partial charge on any atom is -0.494 e. The molecule has 0 aliphatic carbocycles. The van der Waals surface area contributed by atoms with Crippen LogP contribution in [0.4, 0.5) is 5.69 Å². The van der Waals surface area contributed by atoms with E-state index in [4.69, 9.17) is 33.7 Å². The number of anilines is 1. The standard InChI is InChI=1S/C15H12BrCl2NO2/c1-2-21-9-3-4-10(12(16)7-9)15(20)11-5-8(19)6-13(17)14(11)18/h3-7H,2,19H2,1H3. The van der Waals surface area contributed by atoms with Crippen molar-refractivity contribution in [3.63, 3.8) is 0 Å². The molecule has 0 aromatic heterocycles. The first-order valence-electron chi connectivity index (χ1n) is 6.15. The second-order valence-corrected chi connectivity index (χ2v) is 5.91. The molecule has 0 unspecified atom stereocenters. The Morgan fingerprint density at radius 1 is 1.24 bits per heavy atom. The molecule has 0 bridgehead atoms. The van der Waals surface area contributed by atoms with Gasteiger partial charge in [-0.1, -0.05) is 23.2 Å². The van der Waals surface area contributed by atoms with E-state index in [0.29, 0.717) is 28.1 Å². The van der Waals surface area contributed by atoms with Crippen LogP contribution in [0.15, 0.2) is 34.8 Å². The SMILES string of the molecule is CCOc1ccc(C(=O)c2cc(N)cc(Cl)c2Cl)c(Br)c1. The van der Waals surface area contributed by atoms with Crippen molar-refractivity contribution in [2.75, 3.05) is 12.3 Å². The number of hydrogen-bond acceptors (Lipinski definition) is 3. The molecule has 3 nitrogen and oxygen atoms in total. The summed E-state index contributed by atoms with van der Waals surface area (Å²) in [6.45, 7) is 2.44. The topological polar surface area (TPSA) is 52.3 Å². The van der Waals surface area contributed by atoms with E-state index in [0.717, 1.165) is 0 Å². The van der Waals surface area contributed by atoms with E-state index in [1.807, 2.05) is 6.92 Å². The lowest BCUT2D eigenvalue weighted by atomic mass is 10.0. The van der Waals surface area contributed by atoms with E-state index >= 15 is 0 Å². The van der Waals surface area contributed by atoms with E-state index in [-0.39, 0.29) is 21.4 Å². The first-order chi connectivity index (χ1) is 9.93. The Morgan fingerprint density at radius 2 is 1.95 bits per heavy atom. The Labute approximate surface area is 141 Å². The highest BCUT2D eigenvalue weighted by Gasteiger charge is 2.18. The van der Waals surface area contributed by atoms with Crippen molar-refractivity contribution in [1.29, 1.82) is 0 Å². The number of carbonyl (C=O) groups excluding carboxylic acids is 1. The molecule has 0 aliphatic rings. The number of ketones is 1. The van der Waals surface area contributed by atoms with Gasteiger partial charge in [-0.3, -0.25) is 4.79 Å². The maximum absolute atomic E-state index is 12.6. The van der Waals surface area contributed by atoms with E-state index in [1.54, 1.807) is 18.2 Å². The Hall–Kier alpha value is -1.23. The van der Waals surface area contributed by atoms with Crippen LogP contribution >= 0.6 is 39.1 Å². The normalized spacial score (nSPS) is 10.5. The molecule has 0 saturated carbocycles. The highest BCUT2D eigenvalue weighted by atomic mass is 79.9. The molecule has 0 amide bonds. The zero-order chi connectivity index (χ0) is 15.6. The smallest absolute Gasteiger partial charge is 0.195 e. The third-order valence-electron chi connectivity index (χ3n) is 2.79. The Kier molecular flexibility index (Phi) is 5.14. The van der Waals surface area contributed by atoms with E-state index < -0.39 is 0 Å². The Balaban J connectivity index is 2.45. The highest BCUT2D eigenvalue weighted by molar-refractivity contribution is 9.10. The van der Waals surface area contributed by atoms with Gasteiger partial charge in [-0.15, -0.1) is 0 Å². The largest absolute Gasteiger partial charge is 0.494 e. The van der Waals surface area contributed by atoms with Gasteiger partial charge in [-0.2, -0.15) is 0 Å². The van der Waals surface area contributed by atoms with Crippen LogP contribution in [0.1, 0.15) is 22.8 Å². The molecule has 0 fully saturated rings. The first kappa shape index (κ1) is 16.1. The molecule has 0 radical (unpaired) electrons. The minimum atomic E-state index is -0.260.